The van der Waals surface area contributed by atoms with Crippen molar-refractivity contribution in [2.75, 3.05) is 7.11 Å². The summed E-state index contributed by atoms with van der Waals surface area (Å²) in [6.45, 7) is 0. The van der Waals surface area contributed by atoms with Crippen molar-refractivity contribution in [1.29, 1.82) is 0 Å². The molecule has 0 aliphatic heterocycles. The second kappa shape index (κ2) is 6.30. The fourth-order valence-corrected chi connectivity index (χ4v) is 1.39. The van der Waals surface area contributed by atoms with Crippen molar-refractivity contribution in [1.82, 2.24) is 5.32 Å². The molecule has 0 spiro atoms. The summed E-state index contributed by atoms with van der Waals surface area (Å²) in [5.41, 5.74) is 0.267. The third-order valence-corrected chi connectivity index (χ3v) is 2.28. The third kappa shape index (κ3) is 3.25. The van der Waals surface area contributed by atoms with Crippen LogP contribution in [0.1, 0.15) is 16.8 Å². The number of carbonyl (C=O) groups is 2. The van der Waals surface area contributed by atoms with E-state index in [1.165, 1.54) is 7.11 Å². The fourth-order valence-electron chi connectivity index (χ4n) is 1.39. The Labute approximate surface area is 105 Å². The van der Waals surface area contributed by atoms with Crippen LogP contribution in [-0.2, 0) is 4.79 Å². The van der Waals surface area contributed by atoms with Gasteiger partial charge < -0.3 is 15.2 Å². The first-order valence-corrected chi connectivity index (χ1v) is 5.20. The second-order valence-corrected chi connectivity index (χ2v) is 3.47. The van der Waals surface area contributed by atoms with Gasteiger partial charge in [0.1, 0.15) is 11.8 Å². The van der Waals surface area contributed by atoms with E-state index in [9.17, 15) is 9.59 Å². The lowest BCUT2D eigenvalue weighted by Gasteiger charge is -2.13. The van der Waals surface area contributed by atoms with Gasteiger partial charge in [0.2, 0.25) is 0 Å². The number of benzene rings is 1. The quantitative estimate of drug-likeness (QED) is 0.758. The Morgan fingerprint density at radius 2 is 2.17 bits per heavy atom. The average Bonchev–Trinajstić information content (AvgIpc) is 2.37. The average molecular weight is 247 g/mol. The van der Waals surface area contributed by atoms with Crippen molar-refractivity contribution < 1.29 is 19.4 Å². The SMILES string of the molecule is C#CCC(NC(=O)c1ccccc1OC)C(=O)O. The third-order valence-electron chi connectivity index (χ3n) is 2.28. The molecule has 0 bridgehead atoms. The van der Waals surface area contributed by atoms with E-state index in [2.05, 4.69) is 11.2 Å². The maximum Gasteiger partial charge on any atom is 0.327 e. The molecule has 5 nitrogen and oxygen atoms in total. The topological polar surface area (TPSA) is 75.6 Å². The first kappa shape index (κ1) is 13.6. The summed E-state index contributed by atoms with van der Waals surface area (Å²) in [5.74, 6) is 0.880. The molecule has 0 fully saturated rings. The smallest absolute Gasteiger partial charge is 0.327 e. The van der Waals surface area contributed by atoms with E-state index in [0.29, 0.717) is 5.75 Å². The molecule has 1 unspecified atom stereocenters. The van der Waals surface area contributed by atoms with E-state index in [-0.39, 0.29) is 12.0 Å². The molecule has 0 aliphatic rings. The van der Waals surface area contributed by atoms with Crippen LogP contribution in [0.15, 0.2) is 24.3 Å². The molecule has 1 aromatic carbocycles. The van der Waals surface area contributed by atoms with Gasteiger partial charge in [0.05, 0.1) is 12.7 Å². The lowest BCUT2D eigenvalue weighted by molar-refractivity contribution is -0.139. The molecule has 0 saturated heterocycles. The van der Waals surface area contributed by atoms with Gasteiger partial charge >= 0.3 is 5.97 Å². The highest BCUT2D eigenvalue weighted by molar-refractivity contribution is 5.98. The molecule has 18 heavy (non-hydrogen) atoms. The summed E-state index contributed by atoms with van der Waals surface area (Å²) >= 11 is 0. The highest BCUT2D eigenvalue weighted by Crippen LogP contribution is 2.17. The number of aliphatic carboxylic acids is 1. The number of ether oxygens (including phenoxy) is 1. The Kier molecular flexibility index (Phi) is 4.76. The molecule has 0 radical (unpaired) electrons. The number of methoxy groups -OCH3 is 1. The van der Waals surface area contributed by atoms with E-state index in [1.807, 2.05) is 0 Å². The van der Waals surface area contributed by atoms with Crippen molar-refractivity contribution in [2.45, 2.75) is 12.5 Å². The van der Waals surface area contributed by atoms with Crippen LogP contribution < -0.4 is 10.1 Å². The minimum absolute atomic E-state index is 0.0732. The lowest BCUT2D eigenvalue weighted by Crippen LogP contribution is -2.40. The molecular formula is C13H13NO4. The molecule has 1 atom stereocenters. The monoisotopic (exact) mass is 247 g/mol. The van der Waals surface area contributed by atoms with Crippen molar-refractivity contribution in [3.8, 4) is 18.1 Å². The van der Waals surface area contributed by atoms with Gasteiger partial charge in [-0.2, -0.15) is 0 Å². The van der Waals surface area contributed by atoms with Crippen LogP contribution in [0, 0.1) is 12.3 Å². The van der Waals surface area contributed by atoms with E-state index in [1.54, 1.807) is 24.3 Å². The van der Waals surface area contributed by atoms with E-state index in [4.69, 9.17) is 16.3 Å². The summed E-state index contributed by atoms with van der Waals surface area (Å²) in [4.78, 5) is 22.8. The normalized spacial score (nSPS) is 11.1. The Morgan fingerprint density at radius 1 is 1.50 bits per heavy atom. The van der Waals surface area contributed by atoms with Gasteiger partial charge in [-0.25, -0.2) is 4.79 Å². The van der Waals surface area contributed by atoms with Crippen molar-refractivity contribution in [2.24, 2.45) is 0 Å². The Hall–Kier alpha value is -2.48. The summed E-state index contributed by atoms with van der Waals surface area (Å²) < 4.78 is 5.02. The molecular weight excluding hydrogens is 234 g/mol. The molecule has 5 heteroatoms. The molecule has 2 N–H and O–H groups in total. The van der Waals surface area contributed by atoms with Gasteiger partial charge in [0.25, 0.3) is 5.91 Å². The fraction of sp³-hybridized carbons (Fsp3) is 0.231. The van der Waals surface area contributed by atoms with Gasteiger partial charge in [-0.1, -0.05) is 12.1 Å². The maximum absolute atomic E-state index is 11.9. The largest absolute Gasteiger partial charge is 0.496 e. The molecule has 94 valence electrons. The molecule has 1 aromatic rings. The molecule has 0 aromatic heterocycles. The number of para-hydroxylation sites is 1. The highest BCUT2D eigenvalue weighted by atomic mass is 16.5. The summed E-state index contributed by atoms with van der Waals surface area (Å²) in [6, 6.07) is 5.43. The Morgan fingerprint density at radius 3 is 2.72 bits per heavy atom. The number of carbonyl (C=O) groups excluding carboxylic acids is 1. The van der Waals surface area contributed by atoms with Crippen LogP contribution in [0.5, 0.6) is 5.75 Å². The minimum atomic E-state index is -1.17. The van der Waals surface area contributed by atoms with Crippen LogP contribution in [0.25, 0.3) is 0 Å². The van der Waals surface area contributed by atoms with Gasteiger partial charge in [-0.15, -0.1) is 12.3 Å². The number of hydrogen-bond acceptors (Lipinski definition) is 3. The Balaban J connectivity index is 2.87. The van der Waals surface area contributed by atoms with Gasteiger partial charge in [0, 0.05) is 6.42 Å². The number of rotatable bonds is 5. The maximum atomic E-state index is 11.9. The number of terminal acetylenes is 1. The lowest BCUT2D eigenvalue weighted by atomic mass is 10.1. The number of amides is 1. The van der Waals surface area contributed by atoms with Gasteiger partial charge in [-0.3, -0.25) is 4.79 Å². The molecule has 1 amide bonds. The summed E-state index contributed by atoms with van der Waals surface area (Å²) in [7, 11) is 1.43. The molecule has 0 heterocycles. The Bertz CT molecular complexity index is 490. The summed E-state index contributed by atoms with van der Waals surface area (Å²) in [6.07, 6.45) is 4.98. The first-order chi connectivity index (χ1) is 8.60. The van der Waals surface area contributed by atoms with E-state index >= 15 is 0 Å². The van der Waals surface area contributed by atoms with Crippen LogP contribution in [0.3, 0.4) is 0 Å². The first-order valence-electron chi connectivity index (χ1n) is 5.20. The second-order valence-electron chi connectivity index (χ2n) is 3.47. The zero-order chi connectivity index (χ0) is 13.5. The minimum Gasteiger partial charge on any atom is -0.496 e. The van der Waals surface area contributed by atoms with Gasteiger partial charge in [-0.05, 0) is 12.1 Å². The van der Waals surface area contributed by atoms with Gasteiger partial charge in [0.15, 0.2) is 0 Å². The van der Waals surface area contributed by atoms with Crippen molar-refractivity contribution in [3.05, 3.63) is 29.8 Å². The standard InChI is InChI=1S/C13H13NO4/c1-3-6-10(13(16)17)14-12(15)9-7-4-5-8-11(9)18-2/h1,4-5,7-8,10H,6H2,2H3,(H,14,15)(H,16,17). The van der Waals surface area contributed by atoms with Crippen LogP contribution >= 0.6 is 0 Å². The predicted molar refractivity (Wildman–Crippen MR) is 65.3 cm³/mol. The molecule has 1 rings (SSSR count). The number of hydrogen-bond donors (Lipinski definition) is 2. The van der Waals surface area contributed by atoms with Crippen molar-refractivity contribution >= 4 is 11.9 Å². The summed E-state index contributed by atoms with van der Waals surface area (Å²) in [5, 5.41) is 11.2. The molecule has 0 saturated carbocycles. The zero-order valence-electron chi connectivity index (χ0n) is 9.84. The highest BCUT2D eigenvalue weighted by Gasteiger charge is 2.21. The van der Waals surface area contributed by atoms with E-state index < -0.39 is 17.9 Å². The van der Waals surface area contributed by atoms with Crippen LogP contribution in [0.2, 0.25) is 0 Å². The number of carboxylic acid groups (broad SMARTS) is 1. The predicted octanol–water partition coefficient (Wildman–Crippen LogP) is 0.901. The zero-order valence-corrected chi connectivity index (χ0v) is 9.84. The number of carboxylic acids is 1. The van der Waals surface area contributed by atoms with Crippen molar-refractivity contribution in [3.63, 3.8) is 0 Å². The van der Waals surface area contributed by atoms with Crippen LogP contribution in [0.4, 0.5) is 0 Å². The number of nitrogens with one attached hydrogen (secondary N) is 1. The molecule has 0 aliphatic carbocycles. The van der Waals surface area contributed by atoms with E-state index in [0.717, 1.165) is 0 Å². The van der Waals surface area contributed by atoms with Crippen LogP contribution in [-0.4, -0.2) is 30.1 Å².